The Kier molecular flexibility index (Phi) is 9.30. The SMILES string of the molecule is CC.COc1cc(N2CCN(C)CC2)c(C)cc1Nc1ncc(C)c(Nc2cccnc2N(C)C)n1. The number of aryl methyl sites for hydroxylation is 2. The van der Waals surface area contributed by atoms with Gasteiger partial charge in [0, 0.05) is 70.0 Å². The van der Waals surface area contributed by atoms with Gasteiger partial charge in [-0.2, -0.15) is 4.98 Å². The molecule has 1 aliphatic heterocycles. The van der Waals surface area contributed by atoms with Crippen LogP contribution in [0.1, 0.15) is 25.0 Å². The van der Waals surface area contributed by atoms with Gasteiger partial charge in [-0.05, 0) is 44.7 Å². The molecule has 0 bridgehead atoms. The minimum atomic E-state index is 0.494. The van der Waals surface area contributed by atoms with Crippen molar-refractivity contribution in [3.05, 3.63) is 47.8 Å². The summed E-state index contributed by atoms with van der Waals surface area (Å²) < 4.78 is 5.73. The van der Waals surface area contributed by atoms with Gasteiger partial charge in [-0.15, -0.1) is 0 Å². The summed E-state index contributed by atoms with van der Waals surface area (Å²) in [5.41, 5.74) is 5.04. The Labute approximate surface area is 215 Å². The topological polar surface area (TPSA) is 81.7 Å². The Bertz CT molecular complexity index is 1140. The lowest BCUT2D eigenvalue weighted by Crippen LogP contribution is -2.44. The molecule has 0 spiro atoms. The Morgan fingerprint density at radius 1 is 0.944 bits per heavy atom. The normalized spacial score (nSPS) is 13.5. The summed E-state index contributed by atoms with van der Waals surface area (Å²) in [5, 5.41) is 6.76. The number of nitrogens with one attached hydrogen (secondary N) is 2. The molecule has 1 aromatic carbocycles. The van der Waals surface area contributed by atoms with Crippen LogP contribution in [0.3, 0.4) is 0 Å². The summed E-state index contributed by atoms with van der Waals surface area (Å²) in [4.78, 5) is 20.4. The molecule has 9 heteroatoms. The largest absolute Gasteiger partial charge is 0.494 e. The van der Waals surface area contributed by atoms with Crippen LogP contribution in [0.15, 0.2) is 36.7 Å². The molecule has 194 valence electrons. The number of pyridine rings is 1. The molecule has 1 saturated heterocycles. The van der Waals surface area contributed by atoms with E-state index in [0.29, 0.717) is 5.95 Å². The predicted octanol–water partition coefficient (Wildman–Crippen LogP) is 4.83. The number of ether oxygens (including phenoxy) is 1. The summed E-state index contributed by atoms with van der Waals surface area (Å²) in [5.74, 6) is 2.82. The van der Waals surface area contributed by atoms with E-state index in [4.69, 9.17) is 9.72 Å². The molecule has 1 aliphatic rings. The zero-order chi connectivity index (χ0) is 26.2. The second-order valence-electron chi connectivity index (χ2n) is 8.87. The predicted molar refractivity (Wildman–Crippen MR) is 151 cm³/mol. The lowest BCUT2D eigenvalue weighted by molar-refractivity contribution is 0.312. The van der Waals surface area contributed by atoms with Crippen molar-refractivity contribution in [1.82, 2.24) is 19.9 Å². The van der Waals surface area contributed by atoms with Crippen LogP contribution in [-0.2, 0) is 0 Å². The Morgan fingerprint density at radius 3 is 2.33 bits per heavy atom. The highest BCUT2D eigenvalue weighted by atomic mass is 16.5. The first-order valence-electron chi connectivity index (χ1n) is 12.5. The molecular formula is C27H40N8O. The third kappa shape index (κ3) is 6.34. The van der Waals surface area contributed by atoms with Gasteiger partial charge in [-0.25, -0.2) is 9.97 Å². The summed E-state index contributed by atoms with van der Waals surface area (Å²) in [6, 6.07) is 8.10. The number of aromatic nitrogens is 3. The van der Waals surface area contributed by atoms with E-state index in [9.17, 15) is 0 Å². The second-order valence-corrected chi connectivity index (χ2v) is 8.87. The minimum absolute atomic E-state index is 0.494. The van der Waals surface area contributed by atoms with Gasteiger partial charge >= 0.3 is 0 Å². The molecule has 2 N–H and O–H groups in total. The fourth-order valence-corrected chi connectivity index (χ4v) is 4.06. The maximum Gasteiger partial charge on any atom is 0.229 e. The summed E-state index contributed by atoms with van der Waals surface area (Å²) in [6.07, 6.45) is 3.59. The number of hydrogen-bond acceptors (Lipinski definition) is 9. The van der Waals surface area contributed by atoms with Crippen molar-refractivity contribution in [2.24, 2.45) is 0 Å². The number of anilines is 6. The number of hydrogen-bond donors (Lipinski definition) is 2. The number of rotatable bonds is 7. The van der Waals surface area contributed by atoms with Crippen LogP contribution in [0.5, 0.6) is 5.75 Å². The molecule has 3 aromatic rings. The maximum absolute atomic E-state index is 5.73. The van der Waals surface area contributed by atoms with Gasteiger partial charge in [-0.3, -0.25) is 0 Å². The van der Waals surface area contributed by atoms with E-state index in [-0.39, 0.29) is 0 Å². The highest BCUT2D eigenvalue weighted by Crippen LogP contribution is 2.35. The van der Waals surface area contributed by atoms with Gasteiger partial charge in [0.1, 0.15) is 11.6 Å². The van der Waals surface area contributed by atoms with Crippen LogP contribution < -0.4 is 25.2 Å². The van der Waals surface area contributed by atoms with Crippen molar-refractivity contribution in [2.75, 3.05) is 74.9 Å². The van der Waals surface area contributed by atoms with E-state index in [1.54, 1.807) is 19.5 Å². The van der Waals surface area contributed by atoms with Crippen LogP contribution in [0.4, 0.5) is 34.6 Å². The highest BCUT2D eigenvalue weighted by molar-refractivity contribution is 5.74. The first kappa shape index (κ1) is 27.0. The van der Waals surface area contributed by atoms with E-state index in [1.807, 2.05) is 51.9 Å². The molecule has 3 heterocycles. The standard InChI is InChI=1S/C25H34N8O.C2H6/c1-17-14-20(22(34-6)15-21(17)33-12-10-32(5)11-13-33)29-25-27-16-18(2)23(30-25)28-19-8-7-9-26-24(19)31(3)4;1-2/h7-9,14-16H,10-13H2,1-6H3,(H2,27,28,29,30);1-2H3. The Balaban J connectivity index is 0.00000176. The van der Waals surface area contributed by atoms with Gasteiger partial charge in [0.05, 0.1) is 18.5 Å². The van der Waals surface area contributed by atoms with Gasteiger partial charge < -0.3 is 30.1 Å². The van der Waals surface area contributed by atoms with Crippen molar-refractivity contribution in [3.8, 4) is 5.75 Å². The molecule has 0 aliphatic carbocycles. The molecule has 0 saturated carbocycles. The molecular weight excluding hydrogens is 452 g/mol. The van der Waals surface area contributed by atoms with E-state index in [1.165, 1.54) is 11.3 Å². The molecule has 4 rings (SSSR count). The molecule has 0 atom stereocenters. The average molecular weight is 493 g/mol. The summed E-state index contributed by atoms with van der Waals surface area (Å²) in [6.45, 7) is 12.2. The van der Waals surface area contributed by atoms with Gasteiger partial charge in [-0.1, -0.05) is 13.8 Å². The third-order valence-electron chi connectivity index (χ3n) is 6.04. The van der Waals surface area contributed by atoms with Gasteiger partial charge in [0.2, 0.25) is 5.95 Å². The second kappa shape index (κ2) is 12.4. The maximum atomic E-state index is 5.73. The van der Waals surface area contributed by atoms with Crippen LogP contribution in [0.25, 0.3) is 0 Å². The number of nitrogens with zero attached hydrogens (tertiary/aromatic N) is 6. The molecule has 2 aromatic heterocycles. The van der Waals surface area contributed by atoms with E-state index in [0.717, 1.165) is 60.5 Å². The van der Waals surface area contributed by atoms with Gasteiger partial charge in [0.25, 0.3) is 0 Å². The third-order valence-corrected chi connectivity index (χ3v) is 6.04. The summed E-state index contributed by atoms with van der Waals surface area (Å²) in [7, 11) is 7.79. The lowest BCUT2D eigenvalue weighted by atomic mass is 10.1. The lowest BCUT2D eigenvalue weighted by Gasteiger charge is -2.35. The number of likely N-dealkylation sites (N-methyl/N-ethyl adjacent to an activating group) is 1. The van der Waals surface area contributed by atoms with Crippen molar-refractivity contribution in [3.63, 3.8) is 0 Å². The van der Waals surface area contributed by atoms with Crippen LogP contribution in [-0.4, -0.2) is 74.3 Å². The number of piperazine rings is 1. The average Bonchev–Trinajstić information content (AvgIpc) is 2.88. The first-order chi connectivity index (χ1) is 17.4. The quantitative estimate of drug-likeness (QED) is 0.482. The molecule has 36 heavy (non-hydrogen) atoms. The fraction of sp³-hybridized carbons (Fsp3) is 0.444. The van der Waals surface area contributed by atoms with Crippen molar-refractivity contribution < 1.29 is 4.74 Å². The van der Waals surface area contributed by atoms with E-state index < -0.39 is 0 Å². The molecule has 0 radical (unpaired) electrons. The zero-order valence-corrected chi connectivity index (χ0v) is 22.9. The first-order valence-corrected chi connectivity index (χ1v) is 12.5. The Hall–Kier alpha value is -3.59. The fourth-order valence-electron chi connectivity index (χ4n) is 4.06. The number of benzene rings is 1. The van der Waals surface area contributed by atoms with E-state index in [2.05, 4.69) is 56.5 Å². The van der Waals surface area contributed by atoms with Crippen LogP contribution in [0.2, 0.25) is 0 Å². The molecule has 9 nitrogen and oxygen atoms in total. The highest BCUT2D eigenvalue weighted by Gasteiger charge is 2.19. The Morgan fingerprint density at radius 2 is 1.67 bits per heavy atom. The minimum Gasteiger partial charge on any atom is -0.494 e. The van der Waals surface area contributed by atoms with Crippen molar-refractivity contribution in [1.29, 1.82) is 0 Å². The van der Waals surface area contributed by atoms with Gasteiger partial charge in [0.15, 0.2) is 5.82 Å². The summed E-state index contributed by atoms with van der Waals surface area (Å²) >= 11 is 0. The smallest absolute Gasteiger partial charge is 0.229 e. The number of methoxy groups -OCH3 is 1. The zero-order valence-electron chi connectivity index (χ0n) is 22.9. The van der Waals surface area contributed by atoms with E-state index >= 15 is 0 Å². The molecule has 1 fully saturated rings. The monoisotopic (exact) mass is 492 g/mol. The van der Waals surface area contributed by atoms with Crippen molar-refractivity contribution in [2.45, 2.75) is 27.7 Å². The van der Waals surface area contributed by atoms with Crippen LogP contribution >= 0.6 is 0 Å². The van der Waals surface area contributed by atoms with Crippen molar-refractivity contribution >= 4 is 34.6 Å². The molecule has 0 amide bonds. The van der Waals surface area contributed by atoms with Crippen LogP contribution in [0, 0.1) is 13.8 Å². The molecule has 0 unspecified atom stereocenters.